The van der Waals surface area contributed by atoms with E-state index in [4.69, 9.17) is 11.6 Å². The smallest absolute Gasteiger partial charge is 0.246 e. The van der Waals surface area contributed by atoms with Crippen LogP contribution in [0.2, 0.25) is 5.15 Å². The molecule has 0 unspecified atom stereocenters. The van der Waals surface area contributed by atoms with Gasteiger partial charge in [0.05, 0.1) is 10.6 Å². The van der Waals surface area contributed by atoms with E-state index in [1.807, 2.05) is 17.5 Å². The highest BCUT2D eigenvalue weighted by atomic mass is 35.5. The quantitative estimate of drug-likeness (QED) is 0.579. The van der Waals surface area contributed by atoms with Crippen LogP contribution in [0.15, 0.2) is 46.8 Å². The fraction of sp³-hybridized carbons (Fsp3) is 0.278. The zero-order valence-electron chi connectivity index (χ0n) is 15.2. The Hall–Kier alpha value is -2.27. The van der Waals surface area contributed by atoms with Gasteiger partial charge in [-0.3, -0.25) is 9.89 Å². The van der Waals surface area contributed by atoms with Crippen LogP contribution in [0.25, 0.3) is 10.6 Å². The SMILES string of the molecule is O=C(Nc1cc(-c2cccs2)[nH]n1)C1CCN(S(=O)(=O)c2cccnc2Cl)CC1. The minimum atomic E-state index is -3.73. The van der Waals surface area contributed by atoms with E-state index in [0.717, 1.165) is 10.6 Å². The van der Waals surface area contributed by atoms with Gasteiger partial charge in [0.2, 0.25) is 15.9 Å². The highest BCUT2D eigenvalue weighted by molar-refractivity contribution is 7.89. The van der Waals surface area contributed by atoms with Gasteiger partial charge in [-0.2, -0.15) is 9.40 Å². The van der Waals surface area contributed by atoms with Crippen LogP contribution in [0.1, 0.15) is 12.8 Å². The lowest BCUT2D eigenvalue weighted by Crippen LogP contribution is -2.41. The summed E-state index contributed by atoms with van der Waals surface area (Å²) in [6.45, 7) is 0.485. The molecule has 3 aromatic rings. The van der Waals surface area contributed by atoms with Crippen LogP contribution in [0.5, 0.6) is 0 Å². The number of carbonyl (C=O) groups is 1. The molecule has 1 fully saturated rings. The monoisotopic (exact) mass is 451 g/mol. The fourth-order valence-corrected chi connectivity index (χ4v) is 5.82. The van der Waals surface area contributed by atoms with Crippen molar-refractivity contribution in [3.8, 4) is 10.6 Å². The molecule has 0 aliphatic carbocycles. The second-order valence-electron chi connectivity index (χ2n) is 6.60. The first kappa shape index (κ1) is 20.0. The van der Waals surface area contributed by atoms with Gasteiger partial charge in [-0.05, 0) is 36.4 Å². The number of piperidine rings is 1. The molecule has 0 bridgehead atoms. The molecule has 4 heterocycles. The van der Waals surface area contributed by atoms with Crippen molar-refractivity contribution in [3.63, 3.8) is 0 Å². The first-order valence-electron chi connectivity index (χ1n) is 8.96. The van der Waals surface area contributed by atoms with E-state index in [0.29, 0.717) is 18.7 Å². The van der Waals surface area contributed by atoms with Gasteiger partial charge in [-0.15, -0.1) is 11.3 Å². The highest BCUT2D eigenvalue weighted by Gasteiger charge is 2.33. The number of sulfonamides is 1. The molecule has 11 heteroatoms. The largest absolute Gasteiger partial charge is 0.309 e. The number of halogens is 1. The first-order valence-corrected chi connectivity index (χ1v) is 11.7. The van der Waals surface area contributed by atoms with Crippen LogP contribution in [-0.2, 0) is 14.8 Å². The van der Waals surface area contributed by atoms with Crippen molar-refractivity contribution in [2.24, 2.45) is 5.92 Å². The van der Waals surface area contributed by atoms with Gasteiger partial charge in [0.15, 0.2) is 5.82 Å². The molecule has 0 saturated carbocycles. The molecule has 0 aromatic carbocycles. The van der Waals surface area contributed by atoms with Crippen molar-refractivity contribution in [2.75, 3.05) is 18.4 Å². The highest BCUT2D eigenvalue weighted by Crippen LogP contribution is 2.28. The van der Waals surface area contributed by atoms with Gasteiger partial charge in [-0.25, -0.2) is 13.4 Å². The lowest BCUT2D eigenvalue weighted by Gasteiger charge is -2.30. The number of hydrogen-bond acceptors (Lipinski definition) is 6. The summed E-state index contributed by atoms with van der Waals surface area (Å²) in [7, 11) is -3.73. The van der Waals surface area contributed by atoms with E-state index >= 15 is 0 Å². The van der Waals surface area contributed by atoms with Crippen molar-refractivity contribution in [1.29, 1.82) is 0 Å². The van der Waals surface area contributed by atoms with Crippen LogP contribution in [0.3, 0.4) is 0 Å². The molecule has 0 spiro atoms. The number of nitrogens with zero attached hydrogens (tertiary/aromatic N) is 3. The minimum absolute atomic E-state index is 0.0119. The maximum absolute atomic E-state index is 12.8. The minimum Gasteiger partial charge on any atom is -0.309 e. The molecule has 4 rings (SSSR count). The number of hydrogen-bond donors (Lipinski definition) is 2. The molecule has 2 N–H and O–H groups in total. The summed E-state index contributed by atoms with van der Waals surface area (Å²) in [6.07, 6.45) is 2.28. The third-order valence-corrected chi connectivity index (χ3v) is 8.03. The second-order valence-corrected chi connectivity index (χ2v) is 9.82. The third-order valence-electron chi connectivity index (χ3n) is 4.78. The van der Waals surface area contributed by atoms with Crippen LogP contribution < -0.4 is 5.32 Å². The second kappa shape index (κ2) is 8.23. The van der Waals surface area contributed by atoms with Crippen LogP contribution >= 0.6 is 22.9 Å². The number of aromatic amines is 1. The Balaban J connectivity index is 1.37. The molecular formula is C18H18ClN5O3S2. The number of anilines is 1. The van der Waals surface area contributed by atoms with Gasteiger partial charge < -0.3 is 5.32 Å². The molecular weight excluding hydrogens is 434 g/mol. The number of carbonyl (C=O) groups excluding carboxylic acids is 1. The molecule has 0 atom stereocenters. The van der Waals surface area contributed by atoms with Crippen molar-refractivity contribution in [1.82, 2.24) is 19.5 Å². The van der Waals surface area contributed by atoms with Gasteiger partial charge in [0.1, 0.15) is 10.0 Å². The molecule has 0 radical (unpaired) electrons. The number of H-pyrrole nitrogens is 1. The van der Waals surface area contributed by atoms with Gasteiger partial charge in [-0.1, -0.05) is 17.7 Å². The Labute approximate surface area is 177 Å². The number of aromatic nitrogens is 3. The predicted molar refractivity (Wildman–Crippen MR) is 111 cm³/mol. The topological polar surface area (TPSA) is 108 Å². The molecule has 3 aromatic heterocycles. The Kier molecular flexibility index (Phi) is 5.68. The summed E-state index contributed by atoms with van der Waals surface area (Å²) in [4.78, 5) is 17.4. The average Bonchev–Trinajstić information content (AvgIpc) is 3.40. The lowest BCUT2D eigenvalue weighted by molar-refractivity contribution is -0.120. The van der Waals surface area contributed by atoms with E-state index in [9.17, 15) is 13.2 Å². The maximum atomic E-state index is 12.8. The normalized spacial score (nSPS) is 16.0. The average molecular weight is 452 g/mol. The maximum Gasteiger partial charge on any atom is 0.246 e. The predicted octanol–water partition coefficient (Wildman–Crippen LogP) is 3.23. The Morgan fingerprint density at radius 1 is 1.28 bits per heavy atom. The Bertz CT molecular complexity index is 1110. The van der Waals surface area contributed by atoms with Crippen LogP contribution in [-0.4, -0.2) is 46.9 Å². The summed E-state index contributed by atoms with van der Waals surface area (Å²) in [6, 6.07) is 8.67. The molecule has 8 nitrogen and oxygen atoms in total. The van der Waals surface area contributed by atoms with Crippen LogP contribution in [0.4, 0.5) is 5.82 Å². The van der Waals surface area contributed by atoms with E-state index in [2.05, 4.69) is 20.5 Å². The third kappa shape index (κ3) is 4.20. The number of pyridine rings is 1. The number of amides is 1. The molecule has 1 saturated heterocycles. The van der Waals surface area contributed by atoms with Crippen molar-refractivity contribution < 1.29 is 13.2 Å². The number of rotatable bonds is 5. The van der Waals surface area contributed by atoms with Gasteiger partial charge >= 0.3 is 0 Å². The fourth-order valence-electron chi connectivity index (χ4n) is 3.23. The molecule has 1 aliphatic heterocycles. The van der Waals surface area contributed by atoms with Crippen molar-refractivity contribution >= 4 is 44.7 Å². The van der Waals surface area contributed by atoms with E-state index in [-0.39, 0.29) is 35.0 Å². The van der Waals surface area contributed by atoms with Crippen molar-refractivity contribution in [2.45, 2.75) is 17.7 Å². The number of nitrogens with one attached hydrogen (secondary N) is 2. The van der Waals surface area contributed by atoms with Crippen LogP contribution in [0, 0.1) is 5.92 Å². The summed E-state index contributed by atoms with van der Waals surface area (Å²) < 4.78 is 26.9. The van der Waals surface area contributed by atoms with Gasteiger partial charge in [0, 0.05) is 31.3 Å². The summed E-state index contributed by atoms with van der Waals surface area (Å²) in [5.41, 5.74) is 0.838. The first-order chi connectivity index (χ1) is 13.9. The Morgan fingerprint density at radius 2 is 2.07 bits per heavy atom. The van der Waals surface area contributed by atoms with E-state index in [1.54, 1.807) is 17.4 Å². The van der Waals surface area contributed by atoms with Gasteiger partial charge in [0.25, 0.3) is 0 Å². The molecule has 1 amide bonds. The lowest BCUT2D eigenvalue weighted by atomic mass is 9.97. The zero-order chi connectivity index (χ0) is 20.4. The summed E-state index contributed by atoms with van der Waals surface area (Å²) >= 11 is 7.52. The summed E-state index contributed by atoms with van der Waals surface area (Å²) in [5, 5.41) is 11.8. The molecule has 152 valence electrons. The van der Waals surface area contributed by atoms with Crippen molar-refractivity contribution in [3.05, 3.63) is 47.1 Å². The van der Waals surface area contributed by atoms with E-state index < -0.39 is 10.0 Å². The van der Waals surface area contributed by atoms with E-state index in [1.165, 1.54) is 22.6 Å². The molecule has 29 heavy (non-hydrogen) atoms. The Morgan fingerprint density at radius 3 is 2.76 bits per heavy atom. The standard InChI is InChI=1S/C18H18ClN5O3S2/c19-17-15(4-1-7-20-17)29(26,27)24-8-5-12(6-9-24)18(25)21-16-11-13(22-23-16)14-3-2-10-28-14/h1-4,7,10-12H,5-6,8-9H2,(H2,21,22,23,25). The zero-order valence-corrected chi connectivity index (χ0v) is 17.6. The molecule has 1 aliphatic rings. The number of thiophene rings is 1. The summed E-state index contributed by atoms with van der Waals surface area (Å²) in [5.74, 6) is 0.00832.